The number of sulfone groups is 1. The highest BCUT2D eigenvalue weighted by Gasteiger charge is 2.38. The average molecular weight is 267 g/mol. The predicted molar refractivity (Wildman–Crippen MR) is 75.3 cm³/mol. The number of hydrogen-bond donors (Lipinski definition) is 1. The molecule has 0 heterocycles. The molecule has 2 N–H and O–H groups in total. The van der Waals surface area contributed by atoms with Crippen LogP contribution in [0.3, 0.4) is 0 Å². The molecule has 1 saturated carbocycles. The Hall–Kier alpha value is -1.03. The number of benzene rings is 1. The van der Waals surface area contributed by atoms with Gasteiger partial charge in [0.2, 0.25) is 0 Å². The molecule has 0 amide bonds. The van der Waals surface area contributed by atoms with E-state index in [-0.39, 0.29) is 11.2 Å². The summed E-state index contributed by atoms with van der Waals surface area (Å²) in [5.74, 6) is 0.216. The van der Waals surface area contributed by atoms with Gasteiger partial charge in [-0.05, 0) is 24.5 Å². The summed E-state index contributed by atoms with van der Waals surface area (Å²) in [5, 5.41) is 0. The fourth-order valence-corrected chi connectivity index (χ4v) is 4.65. The Morgan fingerprint density at radius 3 is 2.33 bits per heavy atom. The van der Waals surface area contributed by atoms with Crippen LogP contribution in [0.15, 0.2) is 24.3 Å². The molecule has 0 saturated heterocycles. The second-order valence-corrected chi connectivity index (χ2v) is 7.64. The van der Waals surface area contributed by atoms with Crippen molar-refractivity contribution in [2.45, 2.75) is 37.5 Å². The lowest BCUT2D eigenvalue weighted by Gasteiger charge is -2.38. The lowest BCUT2D eigenvalue weighted by Crippen LogP contribution is -2.37. The van der Waals surface area contributed by atoms with Gasteiger partial charge in [-0.15, -0.1) is 0 Å². The summed E-state index contributed by atoms with van der Waals surface area (Å²) in [6.07, 6.45) is 6.54. The van der Waals surface area contributed by atoms with E-state index in [1.54, 1.807) is 0 Å². The van der Waals surface area contributed by atoms with Gasteiger partial charge in [-0.2, -0.15) is 0 Å². The molecule has 1 aromatic rings. The average Bonchev–Trinajstić information content (AvgIpc) is 2.28. The molecule has 0 unspecified atom stereocenters. The van der Waals surface area contributed by atoms with E-state index in [0.29, 0.717) is 0 Å². The number of nitrogen functional groups attached to an aromatic ring is 1. The van der Waals surface area contributed by atoms with Crippen molar-refractivity contribution >= 4 is 15.5 Å². The lowest BCUT2D eigenvalue weighted by molar-refractivity contribution is 0.322. The van der Waals surface area contributed by atoms with Crippen molar-refractivity contribution in [3.05, 3.63) is 29.8 Å². The molecule has 0 spiro atoms. The van der Waals surface area contributed by atoms with Crippen molar-refractivity contribution in [1.82, 2.24) is 0 Å². The Kier molecular flexibility index (Phi) is 3.66. The van der Waals surface area contributed by atoms with E-state index in [9.17, 15) is 8.42 Å². The molecule has 0 aromatic heterocycles. The molecule has 1 aromatic carbocycles. The Labute approximate surface area is 109 Å². The van der Waals surface area contributed by atoms with E-state index in [4.69, 9.17) is 5.73 Å². The zero-order chi connectivity index (χ0) is 13.2. The topological polar surface area (TPSA) is 60.2 Å². The molecule has 3 nitrogen and oxygen atoms in total. The van der Waals surface area contributed by atoms with Gasteiger partial charge in [0.1, 0.15) is 9.84 Å². The van der Waals surface area contributed by atoms with E-state index >= 15 is 0 Å². The van der Waals surface area contributed by atoms with Crippen LogP contribution in [-0.2, 0) is 15.3 Å². The van der Waals surface area contributed by atoms with Crippen LogP contribution in [0.25, 0.3) is 0 Å². The van der Waals surface area contributed by atoms with E-state index < -0.39 is 9.84 Å². The lowest BCUT2D eigenvalue weighted by atomic mass is 9.70. The minimum absolute atomic E-state index is 0.216. The molecular weight excluding hydrogens is 246 g/mol. The predicted octanol–water partition coefficient (Wildman–Crippen LogP) is 2.52. The first-order chi connectivity index (χ1) is 8.43. The molecule has 100 valence electrons. The van der Waals surface area contributed by atoms with Crippen LogP contribution in [0.2, 0.25) is 0 Å². The van der Waals surface area contributed by atoms with Gasteiger partial charge in [-0.3, -0.25) is 0 Å². The third-order valence-electron chi connectivity index (χ3n) is 3.88. The number of hydrogen-bond acceptors (Lipinski definition) is 3. The Morgan fingerprint density at radius 2 is 1.78 bits per heavy atom. The summed E-state index contributed by atoms with van der Waals surface area (Å²) < 4.78 is 23.5. The molecule has 18 heavy (non-hydrogen) atoms. The highest BCUT2D eigenvalue weighted by atomic mass is 32.2. The van der Waals surface area contributed by atoms with E-state index in [2.05, 4.69) is 0 Å². The molecule has 0 bridgehead atoms. The van der Waals surface area contributed by atoms with Crippen molar-refractivity contribution in [3.8, 4) is 0 Å². The van der Waals surface area contributed by atoms with Crippen LogP contribution in [0, 0.1) is 0 Å². The minimum Gasteiger partial charge on any atom is -0.398 e. The van der Waals surface area contributed by atoms with Gasteiger partial charge in [0.25, 0.3) is 0 Å². The monoisotopic (exact) mass is 267 g/mol. The smallest absolute Gasteiger partial charge is 0.148 e. The third-order valence-corrected chi connectivity index (χ3v) is 4.96. The van der Waals surface area contributed by atoms with Crippen LogP contribution in [-0.4, -0.2) is 20.4 Å². The zero-order valence-electron chi connectivity index (χ0n) is 10.9. The third kappa shape index (κ3) is 2.86. The Morgan fingerprint density at radius 1 is 1.17 bits per heavy atom. The molecule has 0 radical (unpaired) electrons. The van der Waals surface area contributed by atoms with Gasteiger partial charge in [-0.1, -0.05) is 37.5 Å². The first-order valence-electron chi connectivity index (χ1n) is 6.46. The van der Waals surface area contributed by atoms with Gasteiger partial charge < -0.3 is 5.73 Å². The first kappa shape index (κ1) is 13.4. The molecular formula is C14H21NO2S. The van der Waals surface area contributed by atoms with Crippen LogP contribution >= 0.6 is 0 Å². The Bertz CT molecular complexity index is 516. The summed E-state index contributed by atoms with van der Waals surface area (Å²) in [5.41, 5.74) is 7.54. The number of para-hydroxylation sites is 1. The summed E-state index contributed by atoms with van der Waals surface area (Å²) in [4.78, 5) is 0. The fraction of sp³-hybridized carbons (Fsp3) is 0.571. The van der Waals surface area contributed by atoms with Crippen molar-refractivity contribution in [2.24, 2.45) is 0 Å². The van der Waals surface area contributed by atoms with Gasteiger partial charge in [0.05, 0.1) is 5.75 Å². The highest BCUT2D eigenvalue weighted by Crippen LogP contribution is 2.42. The van der Waals surface area contributed by atoms with Gasteiger partial charge in [0.15, 0.2) is 0 Å². The van der Waals surface area contributed by atoms with Crippen molar-refractivity contribution in [1.29, 1.82) is 0 Å². The van der Waals surface area contributed by atoms with Crippen molar-refractivity contribution < 1.29 is 8.42 Å². The standard InChI is InChI=1S/C14H21NO2S/c1-18(16,17)11-14(9-5-2-6-10-14)12-7-3-4-8-13(12)15/h3-4,7-8H,2,5-6,9-11,15H2,1H3. The van der Waals surface area contributed by atoms with Crippen LogP contribution in [0.1, 0.15) is 37.7 Å². The fourth-order valence-electron chi connectivity index (χ4n) is 3.20. The molecule has 1 fully saturated rings. The Balaban J connectivity index is 2.45. The van der Waals surface area contributed by atoms with Gasteiger partial charge in [0, 0.05) is 17.4 Å². The largest absolute Gasteiger partial charge is 0.398 e. The zero-order valence-corrected chi connectivity index (χ0v) is 11.7. The highest BCUT2D eigenvalue weighted by molar-refractivity contribution is 7.90. The van der Waals surface area contributed by atoms with Crippen LogP contribution in [0.4, 0.5) is 5.69 Å². The summed E-state index contributed by atoms with van der Waals surface area (Å²) >= 11 is 0. The first-order valence-corrected chi connectivity index (χ1v) is 8.52. The van der Waals surface area contributed by atoms with Crippen molar-refractivity contribution in [2.75, 3.05) is 17.7 Å². The van der Waals surface area contributed by atoms with Gasteiger partial charge >= 0.3 is 0 Å². The SMILES string of the molecule is CS(=O)(=O)CC1(c2ccccc2N)CCCCC1. The maximum absolute atomic E-state index is 11.7. The van der Waals surface area contributed by atoms with Crippen LogP contribution < -0.4 is 5.73 Å². The summed E-state index contributed by atoms with van der Waals surface area (Å²) in [7, 11) is -3.00. The quantitative estimate of drug-likeness (QED) is 0.856. The summed E-state index contributed by atoms with van der Waals surface area (Å²) in [6.45, 7) is 0. The summed E-state index contributed by atoms with van der Waals surface area (Å²) in [6, 6.07) is 7.71. The minimum atomic E-state index is -3.00. The van der Waals surface area contributed by atoms with Crippen LogP contribution in [0.5, 0.6) is 0 Å². The number of nitrogens with two attached hydrogens (primary N) is 1. The molecule has 1 aliphatic carbocycles. The van der Waals surface area contributed by atoms with E-state index in [1.807, 2.05) is 24.3 Å². The molecule has 0 aliphatic heterocycles. The molecule has 0 atom stereocenters. The number of rotatable bonds is 3. The second kappa shape index (κ2) is 4.92. The maximum Gasteiger partial charge on any atom is 0.148 e. The van der Waals surface area contributed by atoms with E-state index in [0.717, 1.165) is 36.9 Å². The van der Waals surface area contributed by atoms with Crippen molar-refractivity contribution in [3.63, 3.8) is 0 Å². The second-order valence-electron chi connectivity index (χ2n) is 5.50. The molecule has 2 rings (SSSR count). The normalized spacial score (nSPS) is 19.6. The number of anilines is 1. The van der Waals surface area contributed by atoms with Gasteiger partial charge in [-0.25, -0.2) is 8.42 Å². The van der Waals surface area contributed by atoms with E-state index in [1.165, 1.54) is 12.7 Å². The molecule has 1 aliphatic rings. The molecule has 4 heteroatoms. The maximum atomic E-state index is 11.7.